The van der Waals surface area contributed by atoms with Crippen molar-refractivity contribution >= 4 is 11.6 Å². The van der Waals surface area contributed by atoms with Gasteiger partial charge in [0.25, 0.3) is 5.91 Å². The molecule has 1 amide bonds. The van der Waals surface area contributed by atoms with Gasteiger partial charge in [-0.1, -0.05) is 0 Å². The summed E-state index contributed by atoms with van der Waals surface area (Å²) in [5, 5.41) is 11.8. The molecule has 1 fully saturated rings. The maximum Gasteiger partial charge on any atom is 0.251 e. The first-order chi connectivity index (χ1) is 11.3. The van der Waals surface area contributed by atoms with Crippen LogP contribution in [0.5, 0.6) is 0 Å². The van der Waals surface area contributed by atoms with Crippen molar-refractivity contribution in [1.29, 1.82) is 5.26 Å². The Morgan fingerprint density at radius 2 is 1.79 bits per heavy atom. The quantitative estimate of drug-likeness (QED) is 0.902. The van der Waals surface area contributed by atoms with Gasteiger partial charge in [-0.15, -0.1) is 0 Å². The third-order valence-corrected chi connectivity index (χ3v) is 4.53. The highest BCUT2D eigenvalue weighted by atomic mass is 16.1. The summed E-state index contributed by atoms with van der Waals surface area (Å²) < 4.78 is 0. The fourth-order valence-electron chi connectivity index (χ4n) is 2.76. The van der Waals surface area contributed by atoms with Crippen LogP contribution in [0.2, 0.25) is 0 Å². The third-order valence-electron chi connectivity index (χ3n) is 4.53. The van der Waals surface area contributed by atoms with E-state index in [9.17, 15) is 4.79 Å². The van der Waals surface area contributed by atoms with Crippen LogP contribution in [-0.2, 0) is 0 Å². The highest BCUT2D eigenvalue weighted by Gasteiger charge is 2.20. The van der Waals surface area contributed by atoms with E-state index in [1.54, 1.807) is 0 Å². The van der Waals surface area contributed by atoms with Crippen LogP contribution in [0.3, 0.4) is 0 Å². The first-order valence-corrected chi connectivity index (χ1v) is 8.61. The van der Waals surface area contributed by atoms with Crippen LogP contribution >= 0.6 is 0 Å². The van der Waals surface area contributed by atoms with Crippen LogP contribution in [0.15, 0.2) is 24.3 Å². The smallest absolute Gasteiger partial charge is 0.251 e. The Morgan fingerprint density at radius 3 is 2.29 bits per heavy atom. The van der Waals surface area contributed by atoms with Crippen LogP contribution < -0.4 is 10.2 Å². The fourth-order valence-corrected chi connectivity index (χ4v) is 2.76. The van der Waals surface area contributed by atoms with Crippen LogP contribution in [0.4, 0.5) is 5.69 Å². The number of hydrogen-bond donors (Lipinski definition) is 1. The predicted molar refractivity (Wildman–Crippen MR) is 97.1 cm³/mol. The highest BCUT2D eigenvalue weighted by Crippen LogP contribution is 2.18. The number of rotatable bonds is 5. The van der Waals surface area contributed by atoms with E-state index in [1.165, 1.54) is 0 Å². The molecule has 5 heteroatoms. The predicted octanol–water partition coefficient (Wildman–Crippen LogP) is 2.50. The lowest BCUT2D eigenvalue weighted by atomic mass is 9.96. The monoisotopic (exact) mass is 328 g/mol. The Morgan fingerprint density at radius 1 is 1.21 bits per heavy atom. The van der Waals surface area contributed by atoms with Crippen LogP contribution in [0, 0.1) is 16.7 Å². The molecule has 0 spiro atoms. The Labute approximate surface area is 145 Å². The van der Waals surface area contributed by atoms with Gasteiger partial charge >= 0.3 is 0 Å². The summed E-state index contributed by atoms with van der Waals surface area (Å²) in [5.74, 6) is -0.130. The van der Waals surface area contributed by atoms with Crippen molar-refractivity contribution in [2.45, 2.75) is 33.7 Å². The molecule has 1 aromatic rings. The lowest BCUT2D eigenvalue weighted by molar-refractivity contribution is 0.0943. The number of carbonyl (C=O) groups is 1. The van der Waals surface area contributed by atoms with E-state index in [1.807, 2.05) is 38.1 Å². The van der Waals surface area contributed by atoms with Crippen molar-refractivity contribution in [3.8, 4) is 6.07 Å². The molecule has 24 heavy (non-hydrogen) atoms. The molecule has 1 aromatic carbocycles. The Bertz CT molecular complexity index is 593. The van der Waals surface area contributed by atoms with E-state index in [0.29, 0.717) is 18.2 Å². The van der Waals surface area contributed by atoms with Crippen LogP contribution in [0.25, 0.3) is 0 Å². The molecule has 0 aliphatic carbocycles. The lowest BCUT2D eigenvalue weighted by Gasteiger charge is -2.38. The number of anilines is 1. The van der Waals surface area contributed by atoms with Gasteiger partial charge in [-0.3, -0.25) is 9.69 Å². The minimum atomic E-state index is -0.550. The fraction of sp³-hybridized carbons (Fsp3) is 0.579. The van der Waals surface area contributed by atoms with Crippen molar-refractivity contribution in [1.82, 2.24) is 10.2 Å². The number of nitriles is 1. The SMILES string of the molecule is CC(C)N1CCN(c2ccc(C(=O)NCC(C)(C)C#N)cc2)CC1. The molecule has 0 aromatic heterocycles. The minimum Gasteiger partial charge on any atom is -0.369 e. The van der Waals surface area contributed by atoms with Gasteiger partial charge in [0, 0.05) is 50.0 Å². The zero-order chi connectivity index (χ0) is 17.7. The summed E-state index contributed by atoms with van der Waals surface area (Å²) in [5.41, 5.74) is 1.24. The molecule has 0 saturated carbocycles. The Kier molecular flexibility index (Phi) is 5.84. The molecule has 1 N–H and O–H groups in total. The topological polar surface area (TPSA) is 59.4 Å². The molecule has 0 bridgehead atoms. The van der Waals surface area contributed by atoms with Gasteiger partial charge in [0.1, 0.15) is 0 Å². The molecular formula is C19H28N4O. The number of benzene rings is 1. The summed E-state index contributed by atoms with van der Waals surface area (Å²) in [6.07, 6.45) is 0. The number of nitrogens with zero attached hydrogens (tertiary/aromatic N) is 3. The summed E-state index contributed by atoms with van der Waals surface area (Å²) in [4.78, 5) is 17.0. The summed E-state index contributed by atoms with van der Waals surface area (Å²) in [6, 6.07) is 10.5. The van der Waals surface area contributed by atoms with E-state index >= 15 is 0 Å². The number of piperazine rings is 1. The summed E-state index contributed by atoms with van der Waals surface area (Å²) >= 11 is 0. The molecule has 1 aliphatic rings. The molecule has 1 saturated heterocycles. The van der Waals surface area contributed by atoms with Crippen molar-refractivity contribution in [2.24, 2.45) is 5.41 Å². The van der Waals surface area contributed by atoms with Gasteiger partial charge in [0.05, 0.1) is 11.5 Å². The second-order valence-corrected chi connectivity index (χ2v) is 7.34. The van der Waals surface area contributed by atoms with Gasteiger partial charge in [0.2, 0.25) is 0 Å². The third kappa shape index (κ3) is 4.72. The number of amides is 1. The molecule has 5 nitrogen and oxygen atoms in total. The second-order valence-electron chi connectivity index (χ2n) is 7.34. The molecular weight excluding hydrogens is 300 g/mol. The first kappa shape index (κ1) is 18.3. The largest absolute Gasteiger partial charge is 0.369 e. The van der Waals surface area contributed by atoms with E-state index in [4.69, 9.17) is 5.26 Å². The van der Waals surface area contributed by atoms with Gasteiger partial charge in [-0.2, -0.15) is 5.26 Å². The zero-order valence-corrected chi connectivity index (χ0v) is 15.2. The number of nitrogens with one attached hydrogen (secondary N) is 1. The van der Waals surface area contributed by atoms with Crippen molar-refractivity contribution < 1.29 is 4.79 Å². The maximum absolute atomic E-state index is 12.2. The molecule has 130 valence electrons. The van der Waals surface area contributed by atoms with E-state index < -0.39 is 5.41 Å². The van der Waals surface area contributed by atoms with Gasteiger partial charge in [-0.05, 0) is 52.0 Å². The number of hydrogen-bond acceptors (Lipinski definition) is 4. The molecule has 1 heterocycles. The van der Waals surface area contributed by atoms with E-state index in [0.717, 1.165) is 31.9 Å². The normalized spacial score (nSPS) is 16.1. The molecule has 1 aliphatic heterocycles. The molecule has 0 unspecified atom stereocenters. The van der Waals surface area contributed by atoms with Crippen molar-refractivity contribution in [3.05, 3.63) is 29.8 Å². The Hall–Kier alpha value is -2.06. The van der Waals surface area contributed by atoms with Gasteiger partial charge in [0.15, 0.2) is 0 Å². The molecule has 0 atom stereocenters. The summed E-state index contributed by atoms with van der Waals surface area (Å²) in [6.45, 7) is 12.6. The van der Waals surface area contributed by atoms with Crippen LogP contribution in [-0.4, -0.2) is 49.6 Å². The zero-order valence-electron chi connectivity index (χ0n) is 15.2. The van der Waals surface area contributed by atoms with Crippen LogP contribution in [0.1, 0.15) is 38.1 Å². The average Bonchev–Trinajstić information content (AvgIpc) is 2.60. The first-order valence-electron chi connectivity index (χ1n) is 8.61. The number of carbonyl (C=O) groups excluding carboxylic acids is 1. The standard InChI is InChI=1S/C19H28N4O/c1-15(2)22-9-11-23(12-10-22)17-7-5-16(6-8-17)18(24)21-14-19(3,4)13-20/h5-8,15H,9-12,14H2,1-4H3,(H,21,24). The maximum atomic E-state index is 12.2. The van der Waals surface area contributed by atoms with Gasteiger partial charge in [-0.25, -0.2) is 0 Å². The van der Waals surface area contributed by atoms with E-state index in [-0.39, 0.29) is 5.91 Å². The molecule has 0 radical (unpaired) electrons. The molecule has 2 rings (SSSR count). The lowest BCUT2D eigenvalue weighted by Crippen LogP contribution is -2.48. The summed E-state index contributed by atoms with van der Waals surface area (Å²) in [7, 11) is 0. The van der Waals surface area contributed by atoms with Crippen molar-refractivity contribution in [3.63, 3.8) is 0 Å². The average molecular weight is 328 g/mol. The van der Waals surface area contributed by atoms with Gasteiger partial charge < -0.3 is 10.2 Å². The Balaban J connectivity index is 1.91. The second kappa shape index (κ2) is 7.67. The minimum absolute atomic E-state index is 0.130. The highest BCUT2D eigenvalue weighted by molar-refractivity contribution is 5.94. The van der Waals surface area contributed by atoms with Crippen molar-refractivity contribution in [2.75, 3.05) is 37.6 Å². The van der Waals surface area contributed by atoms with E-state index in [2.05, 4.69) is 35.0 Å².